The maximum absolute atomic E-state index is 10.9. The number of ether oxygens (including phenoxy) is 3. The Kier molecular flexibility index (Phi) is 5.07. The minimum Gasteiger partial charge on any atom is -0.429 e. The molecule has 1 saturated heterocycles. The largest absolute Gasteiger partial charge is 0.429 e. The van der Waals surface area contributed by atoms with Gasteiger partial charge in [0.15, 0.2) is 6.29 Å². The van der Waals surface area contributed by atoms with E-state index in [1.807, 2.05) is 0 Å². The second-order valence-corrected chi connectivity index (χ2v) is 3.18. The summed E-state index contributed by atoms with van der Waals surface area (Å²) in [5, 5.41) is 0. The maximum atomic E-state index is 10.9. The lowest BCUT2D eigenvalue weighted by atomic mass is 10.2. The Morgan fingerprint density at radius 3 is 2.80 bits per heavy atom. The quantitative estimate of drug-likeness (QED) is 0.301. The van der Waals surface area contributed by atoms with Crippen LogP contribution in [-0.4, -0.2) is 25.2 Å². The molecule has 1 rings (SSSR count). The fraction of sp³-hybridized carbons (Fsp3) is 0.545. The van der Waals surface area contributed by atoms with Gasteiger partial charge in [0.05, 0.1) is 0 Å². The molecule has 0 aromatic heterocycles. The lowest BCUT2D eigenvalue weighted by Crippen LogP contribution is -2.29. The third-order valence-electron chi connectivity index (χ3n) is 2.02. The average Bonchev–Trinajstić information content (AvgIpc) is 2.29. The second-order valence-electron chi connectivity index (χ2n) is 3.18. The van der Waals surface area contributed by atoms with Gasteiger partial charge in [-0.2, -0.15) is 0 Å². The SMILES string of the molecule is C=CC(=O)OC(C=C)OC1CCCCO1. The molecule has 1 fully saturated rings. The predicted octanol–water partition coefficient (Wildman–Crippen LogP) is 1.77. The van der Waals surface area contributed by atoms with Crippen LogP contribution in [0.1, 0.15) is 19.3 Å². The number of hydrogen-bond donors (Lipinski definition) is 0. The Balaban J connectivity index is 2.34. The van der Waals surface area contributed by atoms with Crippen molar-refractivity contribution < 1.29 is 19.0 Å². The first kappa shape index (κ1) is 11.9. The summed E-state index contributed by atoms with van der Waals surface area (Å²) in [5.74, 6) is -0.532. The van der Waals surface area contributed by atoms with Crippen LogP contribution >= 0.6 is 0 Å². The van der Waals surface area contributed by atoms with E-state index in [9.17, 15) is 4.79 Å². The average molecular weight is 212 g/mol. The van der Waals surface area contributed by atoms with Crippen LogP contribution in [0.5, 0.6) is 0 Å². The van der Waals surface area contributed by atoms with E-state index in [-0.39, 0.29) is 6.29 Å². The lowest BCUT2D eigenvalue weighted by Gasteiger charge is -2.25. The predicted molar refractivity (Wildman–Crippen MR) is 55.0 cm³/mol. The molecule has 1 aliphatic heterocycles. The molecule has 0 radical (unpaired) electrons. The van der Waals surface area contributed by atoms with E-state index < -0.39 is 12.3 Å². The molecule has 1 heterocycles. The van der Waals surface area contributed by atoms with Crippen molar-refractivity contribution in [2.24, 2.45) is 0 Å². The second kappa shape index (κ2) is 6.37. The third kappa shape index (κ3) is 4.27. The highest BCUT2D eigenvalue weighted by Crippen LogP contribution is 2.16. The Morgan fingerprint density at radius 2 is 2.27 bits per heavy atom. The summed E-state index contributed by atoms with van der Waals surface area (Å²) in [6.07, 6.45) is 4.35. The number of carbonyl (C=O) groups excluding carboxylic acids is 1. The topological polar surface area (TPSA) is 44.8 Å². The van der Waals surface area contributed by atoms with Gasteiger partial charge in [-0.15, -0.1) is 0 Å². The molecule has 0 saturated carbocycles. The molecule has 15 heavy (non-hydrogen) atoms. The summed E-state index contributed by atoms with van der Waals surface area (Å²) < 4.78 is 15.6. The molecule has 84 valence electrons. The van der Waals surface area contributed by atoms with Crippen LogP contribution in [0.3, 0.4) is 0 Å². The highest BCUT2D eigenvalue weighted by molar-refractivity contribution is 5.81. The summed E-state index contributed by atoms with van der Waals surface area (Å²) in [7, 11) is 0. The van der Waals surface area contributed by atoms with Crippen molar-refractivity contribution in [2.75, 3.05) is 6.61 Å². The minimum absolute atomic E-state index is 0.306. The lowest BCUT2D eigenvalue weighted by molar-refractivity contribution is -0.233. The van der Waals surface area contributed by atoms with Crippen LogP contribution in [-0.2, 0) is 19.0 Å². The van der Waals surface area contributed by atoms with Gasteiger partial charge in [-0.25, -0.2) is 4.79 Å². The summed E-state index contributed by atoms with van der Waals surface area (Å²) >= 11 is 0. The van der Waals surface area contributed by atoms with Gasteiger partial charge in [0.1, 0.15) is 0 Å². The Hall–Kier alpha value is -1.13. The smallest absolute Gasteiger partial charge is 0.332 e. The maximum Gasteiger partial charge on any atom is 0.332 e. The number of carbonyl (C=O) groups is 1. The zero-order valence-corrected chi connectivity index (χ0v) is 8.69. The van der Waals surface area contributed by atoms with E-state index in [4.69, 9.17) is 14.2 Å². The summed E-state index contributed by atoms with van der Waals surface area (Å²) in [4.78, 5) is 10.9. The molecule has 0 aromatic rings. The molecule has 0 aromatic carbocycles. The van der Waals surface area contributed by atoms with Crippen molar-refractivity contribution >= 4 is 5.97 Å². The molecular formula is C11H16O4. The van der Waals surface area contributed by atoms with E-state index in [1.54, 1.807) is 0 Å². The molecule has 2 unspecified atom stereocenters. The van der Waals surface area contributed by atoms with Crippen LogP contribution in [0.2, 0.25) is 0 Å². The third-order valence-corrected chi connectivity index (χ3v) is 2.02. The fourth-order valence-electron chi connectivity index (χ4n) is 1.26. The van der Waals surface area contributed by atoms with Crippen molar-refractivity contribution in [1.82, 2.24) is 0 Å². The van der Waals surface area contributed by atoms with E-state index in [1.165, 1.54) is 6.08 Å². The molecule has 2 atom stereocenters. The molecule has 0 N–H and O–H groups in total. The van der Waals surface area contributed by atoms with Gasteiger partial charge in [0.25, 0.3) is 0 Å². The van der Waals surface area contributed by atoms with E-state index in [0.717, 1.165) is 25.3 Å². The van der Waals surface area contributed by atoms with Gasteiger partial charge in [-0.1, -0.05) is 13.2 Å². The minimum atomic E-state index is -0.765. The highest BCUT2D eigenvalue weighted by atomic mass is 16.8. The van der Waals surface area contributed by atoms with Crippen LogP contribution in [0, 0.1) is 0 Å². The number of hydrogen-bond acceptors (Lipinski definition) is 4. The van der Waals surface area contributed by atoms with Crippen LogP contribution in [0.4, 0.5) is 0 Å². The van der Waals surface area contributed by atoms with Crippen LogP contribution < -0.4 is 0 Å². The van der Waals surface area contributed by atoms with E-state index in [2.05, 4.69) is 13.2 Å². The van der Waals surface area contributed by atoms with Gasteiger partial charge in [0.2, 0.25) is 6.29 Å². The number of esters is 1. The Morgan fingerprint density at radius 1 is 1.47 bits per heavy atom. The summed E-state index contributed by atoms with van der Waals surface area (Å²) in [5.41, 5.74) is 0. The van der Waals surface area contributed by atoms with Crippen molar-refractivity contribution in [1.29, 1.82) is 0 Å². The number of rotatable bonds is 5. The van der Waals surface area contributed by atoms with E-state index >= 15 is 0 Å². The van der Waals surface area contributed by atoms with Gasteiger partial charge < -0.3 is 14.2 Å². The monoisotopic (exact) mass is 212 g/mol. The molecular weight excluding hydrogens is 196 g/mol. The normalized spacial score (nSPS) is 22.8. The van der Waals surface area contributed by atoms with Gasteiger partial charge in [-0.05, 0) is 25.3 Å². The molecule has 4 heteroatoms. The first-order valence-corrected chi connectivity index (χ1v) is 4.99. The van der Waals surface area contributed by atoms with Crippen LogP contribution in [0.15, 0.2) is 25.3 Å². The van der Waals surface area contributed by atoms with Crippen molar-refractivity contribution in [2.45, 2.75) is 31.8 Å². The Labute approximate surface area is 89.5 Å². The van der Waals surface area contributed by atoms with Gasteiger partial charge >= 0.3 is 5.97 Å². The highest BCUT2D eigenvalue weighted by Gasteiger charge is 2.19. The standard InChI is InChI=1S/C11H16O4/c1-3-9(12)14-10(4-2)15-11-7-5-6-8-13-11/h3-4,10-11H,1-2,5-8H2. The first-order valence-electron chi connectivity index (χ1n) is 4.99. The van der Waals surface area contributed by atoms with E-state index in [0.29, 0.717) is 6.61 Å². The summed E-state index contributed by atoms with van der Waals surface area (Å²) in [6.45, 7) is 7.51. The van der Waals surface area contributed by atoms with Crippen LogP contribution in [0.25, 0.3) is 0 Å². The summed E-state index contributed by atoms with van der Waals surface area (Å²) in [6, 6.07) is 0. The zero-order chi connectivity index (χ0) is 11.1. The molecule has 1 aliphatic rings. The fourth-order valence-corrected chi connectivity index (χ4v) is 1.26. The molecule has 0 bridgehead atoms. The van der Waals surface area contributed by atoms with Crippen molar-refractivity contribution in [3.05, 3.63) is 25.3 Å². The van der Waals surface area contributed by atoms with Gasteiger partial charge in [-0.3, -0.25) is 0 Å². The molecule has 0 spiro atoms. The van der Waals surface area contributed by atoms with Crippen molar-refractivity contribution in [3.8, 4) is 0 Å². The zero-order valence-electron chi connectivity index (χ0n) is 8.69. The molecule has 0 amide bonds. The Bertz CT molecular complexity index is 231. The van der Waals surface area contributed by atoms with Crippen molar-refractivity contribution in [3.63, 3.8) is 0 Å². The molecule has 0 aliphatic carbocycles. The molecule has 4 nitrogen and oxygen atoms in total. The first-order chi connectivity index (χ1) is 7.26. The van der Waals surface area contributed by atoms with Gasteiger partial charge in [0, 0.05) is 12.7 Å².